The van der Waals surface area contributed by atoms with Crippen molar-refractivity contribution in [3.63, 3.8) is 0 Å². The van der Waals surface area contributed by atoms with Crippen LogP contribution in [0.1, 0.15) is 12.8 Å². The molecular weight excluding hydrogens is 156 g/mol. The molecule has 0 amide bonds. The Hall–Kier alpha value is -0.280. The first-order chi connectivity index (χ1) is 4.81. The van der Waals surface area contributed by atoms with Gasteiger partial charge in [-0.1, -0.05) is 0 Å². The first-order valence-electron chi connectivity index (χ1n) is 3.13. The van der Waals surface area contributed by atoms with E-state index in [1.54, 1.807) is 0 Å². The molecule has 3 nitrogen and oxygen atoms in total. The fraction of sp³-hybridized carbons (Fsp3) is 0.833. The monoisotopic (exact) mass is 166 g/mol. The number of aliphatic hydroxyl groups is 1. The lowest BCUT2D eigenvalue weighted by atomic mass is 10.3. The molecule has 4 heteroatoms. The molecule has 0 fully saturated rings. The summed E-state index contributed by atoms with van der Waals surface area (Å²) in [4.78, 5) is 10.4. The van der Waals surface area contributed by atoms with Gasteiger partial charge < -0.3 is 9.84 Å². The minimum Gasteiger partial charge on any atom is -0.465 e. The Labute approximate surface area is 64.9 Å². The van der Waals surface area contributed by atoms with Crippen LogP contribution in [0.25, 0.3) is 0 Å². The molecule has 0 aromatic heterocycles. The molecule has 0 aliphatic heterocycles. The Kier molecular flexibility index (Phi) is 6.64. The molecule has 0 saturated heterocycles. The highest BCUT2D eigenvalue weighted by Crippen LogP contribution is 1.89. The first-order valence-corrected chi connectivity index (χ1v) is 3.67. The third kappa shape index (κ3) is 5.85. The number of unbranched alkanes of at least 4 members (excludes halogenated alkanes) is 1. The number of ether oxygens (including phenoxy) is 1. The van der Waals surface area contributed by atoms with Crippen LogP contribution in [0.4, 0.5) is 0 Å². The van der Waals surface area contributed by atoms with Crippen molar-refractivity contribution in [1.29, 1.82) is 0 Å². The predicted octanol–water partition coefficient (Wildman–Crippen LogP) is 0.541. The maximum Gasteiger partial charge on any atom is 0.320 e. The number of carbonyl (C=O) groups excluding carboxylic acids is 1. The smallest absolute Gasteiger partial charge is 0.320 e. The molecular formula is C6H11ClO3. The van der Waals surface area contributed by atoms with Gasteiger partial charge in [0.25, 0.3) is 0 Å². The standard InChI is InChI=1S/C6H11ClO3/c7-5-6(9)10-4-2-1-3-8/h8H,1-5H2. The number of rotatable bonds is 5. The number of alkyl halides is 1. The molecule has 10 heavy (non-hydrogen) atoms. The molecule has 0 aliphatic carbocycles. The van der Waals surface area contributed by atoms with E-state index in [1.807, 2.05) is 0 Å². The van der Waals surface area contributed by atoms with E-state index >= 15 is 0 Å². The molecule has 60 valence electrons. The molecule has 0 unspecified atom stereocenters. The van der Waals surface area contributed by atoms with E-state index in [0.29, 0.717) is 19.4 Å². The topological polar surface area (TPSA) is 46.5 Å². The highest BCUT2D eigenvalue weighted by molar-refractivity contribution is 6.26. The van der Waals surface area contributed by atoms with Crippen LogP contribution in [0.2, 0.25) is 0 Å². The van der Waals surface area contributed by atoms with Crippen molar-refractivity contribution in [2.75, 3.05) is 19.1 Å². The summed E-state index contributed by atoms with van der Waals surface area (Å²) in [6, 6.07) is 0. The molecule has 0 aromatic rings. The van der Waals surface area contributed by atoms with Crippen LogP contribution in [0.5, 0.6) is 0 Å². The minimum atomic E-state index is -0.403. The minimum absolute atomic E-state index is 0.0981. The molecule has 0 saturated carbocycles. The SMILES string of the molecule is O=C(CCl)OCCCCO. The van der Waals surface area contributed by atoms with Crippen LogP contribution in [0.15, 0.2) is 0 Å². The van der Waals surface area contributed by atoms with Crippen LogP contribution in [0.3, 0.4) is 0 Å². The molecule has 0 rings (SSSR count). The molecule has 1 N–H and O–H groups in total. The maximum atomic E-state index is 10.4. The van der Waals surface area contributed by atoms with Gasteiger partial charge in [-0.15, -0.1) is 11.6 Å². The lowest BCUT2D eigenvalue weighted by Gasteiger charge is -1.99. The molecule has 0 atom stereocenters. The fourth-order valence-electron chi connectivity index (χ4n) is 0.438. The van der Waals surface area contributed by atoms with Crippen LogP contribution in [-0.4, -0.2) is 30.2 Å². The zero-order valence-corrected chi connectivity index (χ0v) is 6.43. The summed E-state index contributed by atoms with van der Waals surface area (Å²) in [5, 5.41) is 8.32. The second-order valence-corrected chi connectivity index (χ2v) is 2.05. The van der Waals surface area contributed by atoms with Gasteiger partial charge in [-0.3, -0.25) is 4.79 Å². The zero-order valence-electron chi connectivity index (χ0n) is 5.68. The quantitative estimate of drug-likeness (QED) is 0.369. The number of carbonyl (C=O) groups is 1. The lowest BCUT2D eigenvalue weighted by Crippen LogP contribution is -2.06. The van der Waals surface area contributed by atoms with Crippen LogP contribution in [-0.2, 0) is 9.53 Å². The van der Waals surface area contributed by atoms with E-state index in [9.17, 15) is 4.79 Å². The number of hydrogen-bond donors (Lipinski definition) is 1. The Bertz CT molecular complexity index is 95.0. The second-order valence-electron chi connectivity index (χ2n) is 1.78. The van der Waals surface area contributed by atoms with Crippen molar-refractivity contribution in [3.05, 3.63) is 0 Å². The van der Waals surface area contributed by atoms with E-state index in [2.05, 4.69) is 4.74 Å². The summed E-state index contributed by atoms with van der Waals surface area (Å²) in [7, 11) is 0. The number of hydrogen-bond acceptors (Lipinski definition) is 3. The summed E-state index contributed by atoms with van der Waals surface area (Å²) in [6.45, 7) is 0.491. The van der Waals surface area contributed by atoms with Crippen LogP contribution in [0, 0.1) is 0 Å². The average Bonchev–Trinajstić information content (AvgIpc) is 1.98. The molecule has 0 aliphatic rings. The van der Waals surface area contributed by atoms with Gasteiger partial charge in [0.15, 0.2) is 0 Å². The Morgan fingerprint density at radius 3 is 2.70 bits per heavy atom. The molecule has 0 radical (unpaired) electrons. The van der Waals surface area contributed by atoms with E-state index in [-0.39, 0.29) is 12.5 Å². The zero-order chi connectivity index (χ0) is 7.82. The highest BCUT2D eigenvalue weighted by Gasteiger charge is 1.97. The Balaban J connectivity index is 2.96. The number of aliphatic hydroxyl groups excluding tert-OH is 1. The average molecular weight is 167 g/mol. The van der Waals surface area contributed by atoms with E-state index < -0.39 is 5.97 Å². The van der Waals surface area contributed by atoms with Crippen molar-refractivity contribution in [2.24, 2.45) is 0 Å². The second kappa shape index (κ2) is 6.83. The Morgan fingerprint density at radius 2 is 2.20 bits per heavy atom. The molecule has 0 bridgehead atoms. The van der Waals surface area contributed by atoms with Gasteiger partial charge in [0, 0.05) is 6.61 Å². The first kappa shape index (κ1) is 9.72. The third-order valence-electron chi connectivity index (χ3n) is 0.925. The van der Waals surface area contributed by atoms with Crippen molar-refractivity contribution in [1.82, 2.24) is 0 Å². The van der Waals surface area contributed by atoms with Gasteiger partial charge in [0.2, 0.25) is 0 Å². The van der Waals surface area contributed by atoms with Gasteiger partial charge in [-0.25, -0.2) is 0 Å². The summed E-state index contributed by atoms with van der Waals surface area (Å²) < 4.78 is 4.61. The third-order valence-corrected chi connectivity index (χ3v) is 1.14. The van der Waals surface area contributed by atoms with Crippen molar-refractivity contribution < 1.29 is 14.6 Å². The van der Waals surface area contributed by atoms with Gasteiger partial charge in [-0.2, -0.15) is 0 Å². The van der Waals surface area contributed by atoms with Gasteiger partial charge in [-0.05, 0) is 12.8 Å². The van der Waals surface area contributed by atoms with Gasteiger partial charge >= 0.3 is 5.97 Å². The summed E-state index contributed by atoms with van der Waals surface area (Å²) in [6.07, 6.45) is 1.36. The van der Waals surface area contributed by atoms with Gasteiger partial charge in [0.05, 0.1) is 6.61 Å². The van der Waals surface area contributed by atoms with Crippen molar-refractivity contribution in [3.8, 4) is 0 Å². The maximum absolute atomic E-state index is 10.4. The lowest BCUT2D eigenvalue weighted by molar-refractivity contribution is -0.140. The van der Waals surface area contributed by atoms with Crippen LogP contribution < -0.4 is 0 Å². The van der Waals surface area contributed by atoms with Crippen LogP contribution >= 0.6 is 11.6 Å². The summed E-state index contributed by atoms with van der Waals surface area (Å²) in [5.41, 5.74) is 0. The van der Waals surface area contributed by atoms with Gasteiger partial charge in [0.1, 0.15) is 5.88 Å². The highest BCUT2D eigenvalue weighted by atomic mass is 35.5. The normalized spacial score (nSPS) is 9.40. The predicted molar refractivity (Wildman–Crippen MR) is 38.0 cm³/mol. The largest absolute Gasteiger partial charge is 0.465 e. The summed E-state index contributed by atoms with van der Waals surface area (Å²) >= 11 is 5.14. The van der Waals surface area contributed by atoms with Crippen molar-refractivity contribution in [2.45, 2.75) is 12.8 Å². The Morgan fingerprint density at radius 1 is 1.50 bits per heavy atom. The molecule has 0 heterocycles. The van der Waals surface area contributed by atoms with E-state index in [4.69, 9.17) is 16.7 Å². The van der Waals surface area contributed by atoms with Crippen molar-refractivity contribution >= 4 is 17.6 Å². The number of esters is 1. The number of halogens is 1. The van der Waals surface area contributed by atoms with E-state index in [0.717, 1.165) is 0 Å². The molecule has 0 spiro atoms. The fourth-order valence-corrected chi connectivity index (χ4v) is 0.516. The van der Waals surface area contributed by atoms with E-state index in [1.165, 1.54) is 0 Å². The summed E-state index contributed by atoms with van der Waals surface area (Å²) in [5.74, 6) is -0.501. The molecule has 0 aromatic carbocycles.